The number of hydrogen-bond acceptors (Lipinski definition) is 5. The Morgan fingerprint density at radius 2 is 1.71 bits per heavy atom. The molecule has 8 heteroatoms. The van der Waals surface area contributed by atoms with Crippen LogP contribution in [0.25, 0.3) is 22.5 Å². The maximum Gasteiger partial charge on any atom is 0.272 e. The van der Waals surface area contributed by atoms with Gasteiger partial charge in [-0.05, 0) is 72.7 Å². The van der Waals surface area contributed by atoms with Crippen LogP contribution in [0, 0.1) is 5.82 Å². The van der Waals surface area contributed by atoms with Crippen molar-refractivity contribution in [2.75, 3.05) is 7.11 Å². The number of amides is 1. The van der Waals surface area contributed by atoms with Crippen LogP contribution in [0.4, 0.5) is 4.39 Å². The van der Waals surface area contributed by atoms with E-state index in [9.17, 15) is 19.4 Å². The molecule has 0 spiro atoms. The SMILES string of the molecule is CCC(O)CC(O)CCn1c(-c2ccc(F)cc2)nc(C(=O)NCc2ccc(OC)c(-c3ccccc3)c2)c1C(C)C. The summed E-state index contributed by atoms with van der Waals surface area (Å²) in [6.07, 6.45) is -0.0868. The van der Waals surface area contributed by atoms with Crippen molar-refractivity contribution >= 4 is 5.91 Å². The Morgan fingerprint density at radius 1 is 1.00 bits per heavy atom. The highest BCUT2D eigenvalue weighted by Gasteiger charge is 2.26. The van der Waals surface area contributed by atoms with Crippen LogP contribution in [0.1, 0.15) is 67.7 Å². The molecule has 2 unspecified atom stereocenters. The highest BCUT2D eigenvalue weighted by molar-refractivity contribution is 5.94. The second kappa shape index (κ2) is 14.2. The molecule has 2 atom stereocenters. The number of methoxy groups -OCH3 is 1. The molecule has 0 radical (unpaired) electrons. The molecule has 1 aromatic heterocycles. The minimum absolute atomic E-state index is 0.0588. The molecule has 3 aromatic carbocycles. The lowest BCUT2D eigenvalue weighted by Gasteiger charge is -2.19. The van der Waals surface area contributed by atoms with Gasteiger partial charge in [0.15, 0.2) is 0 Å². The number of halogens is 1. The fraction of sp³-hybridized carbons (Fsp3) is 0.353. The summed E-state index contributed by atoms with van der Waals surface area (Å²) in [5, 5.41) is 23.6. The molecule has 0 aliphatic carbocycles. The van der Waals surface area contributed by atoms with E-state index in [1.54, 1.807) is 19.2 Å². The van der Waals surface area contributed by atoms with Crippen molar-refractivity contribution in [2.45, 2.75) is 71.2 Å². The predicted molar refractivity (Wildman–Crippen MR) is 163 cm³/mol. The van der Waals surface area contributed by atoms with Crippen LogP contribution >= 0.6 is 0 Å². The van der Waals surface area contributed by atoms with Gasteiger partial charge < -0.3 is 24.8 Å². The first-order chi connectivity index (χ1) is 20.2. The number of nitrogens with one attached hydrogen (secondary N) is 1. The van der Waals surface area contributed by atoms with E-state index in [1.807, 2.05) is 73.9 Å². The molecule has 0 bridgehead atoms. The van der Waals surface area contributed by atoms with Crippen molar-refractivity contribution in [3.8, 4) is 28.3 Å². The molecule has 0 saturated carbocycles. The molecule has 1 amide bonds. The molecule has 0 aliphatic heterocycles. The average Bonchev–Trinajstić information content (AvgIpc) is 3.39. The van der Waals surface area contributed by atoms with E-state index >= 15 is 0 Å². The number of carbonyl (C=O) groups excluding carboxylic acids is 1. The first kappa shape index (κ1) is 30.9. The molecule has 0 aliphatic rings. The minimum Gasteiger partial charge on any atom is -0.496 e. The lowest BCUT2D eigenvalue weighted by Crippen LogP contribution is -2.25. The number of ether oxygens (including phenoxy) is 1. The molecule has 42 heavy (non-hydrogen) atoms. The summed E-state index contributed by atoms with van der Waals surface area (Å²) >= 11 is 0. The maximum atomic E-state index is 13.7. The van der Waals surface area contributed by atoms with Crippen LogP contribution in [-0.4, -0.2) is 45.0 Å². The summed E-state index contributed by atoms with van der Waals surface area (Å²) < 4.78 is 21.3. The van der Waals surface area contributed by atoms with Gasteiger partial charge in [-0.3, -0.25) is 4.79 Å². The molecular weight excluding hydrogens is 533 g/mol. The second-order valence-corrected chi connectivity index (χ2v) is 10.8. The van der Waals surface area contributed by atoms with Crippen LogP contribution in [-0.2, 0) is 13.1 Å². The summed E-state index contributed by atoms with van der Waals surface area (Å²) in [4.78, 5) is 18.4. The Hall–Kier alpha value is -4.01. The van der Waals surface area contributed by atoms with Crippen molar-refractivity contribution in [1.29, 1.82) is 0 Å². The van der Waals surface area contributed by atoms with Crippen LogP contribution in [0.5, 0.6) is 5.75 Å². The Labute approximate surface area is 247 Å². The number of hydrogen-bond donors (Lipinski definition) is 3. The van der Waals surface area contributed by atoms with Gasteiger partial charge in [0.05, 0.1) is 25.0 Å². The predicted octanol–water partition coefficient (Wildman–Crippen LogP) is 6.33. The highest BCUT2D eigenvalue weighted by Crippen LogP contribution is 2.32. The van der Waals surface area contributed by atoms with Gasteiger partial charge in [-0.25, -0.2) is 9.37 Å². The number of imidazole rings is 1. The van der Waals surface area contributed by atoms with Gasteiger partial charge in [-0.1, -0.05) is 57.2 Å². The number of aromatic nitrogens is 2. The molecule has 0 saturated heterocycles. The average molecular weight is 574 g/mol. The zero-order valence-corrected chi connectivity index (χ0v) is 24.7. The third-order valence-electron chi connectivity index (χ3n) is 7.37. The van der Waals surface area contributed by atoms with E-state index in [-0.39, 0.29) is 30.6 Å². The third kappa shape index (κ3) is 7.43. The van der Waals surface area contributed by atoms with Crippen molar-refractivity contribution < 1.29 is 24.1 Å². The molecule has 7 nitrogen and oxygen atoms in total. The van der Waals surface area contributed by atoms with E-state index in [2.05, 4.69) is 5.32 Å². The fourth-order valence-electron chi connectivity index (χ4n) is 5.11. The molecule has 4 rings (SSSR count). The summed E-state index contributed by atoms with van der Waals surface area (Å²) in [6, 6.07) is 21.7. The summed E-state index contributed by atoms with van der Waals surface area (Å²) in [6.45, 7) is 6.52. The third-order valence-corrected chi connectivity index (χ3v) is 7.37. The van der Waals surface area contributed by atoms with Crippen LogP contribution in [0.2, 0.25) is 0 Å². The van der Waals surface area contributed by atoms with Gasteiger partial charge in [-0.15, -0.1) is 0 Å². The van der Waals surface area contributed by atoms with Crippen molar-refractivity contribution in [2.24, 2.45) is 0 Å². The standard InChI is InChI=1S/C34H40FN3O4/c1-5-27(39)20-28(40)17-18-38-32(22(2)3)31(37-33(38)25-12-14-26(35)15-13-25)34(41)36-21-23-11-16-30(42-4)29(19-23)24-9-7-6-8-10-24/h6-16,19,22,27-28,39-40H,5,17-18,20-21H2,1-4H3,(H,36,41). The Morgan fingerprint density at radius 3 is 2.36 bits per heavy atom. The smallest absolute Gasteiger partial charge is 0.272 e. The van der Waals surface area contributed by atoms with Gasteiger partial charge in [0.1, 0.15) is 23.1 Å². The largest absolute Gasteiger partial charge is 0.496 e. The topological polar surface area (TPSA) is 96.6 Å². The van der Waals surface area contributed by atoms with Gasteiger partial charge in [0.25, 0.3) is 5.91 Å². The number of aliphatic hydroxyl groups is 2. The first-order valence-electron chi connectivity index (χ1n) is 14.4. The summed E-state index contributed by atoms with van der Waals surface area (Å²) in [7, 11) is 1.64. The Kier molecular flexibility index (Phi) is 10.5. The fourth-order valence-corrected chi connectivity index (χ4v) is 5.11. The first-order valence-corrected chi connectivity index (χ1v) is 14.4. The van der Waals surface area contributed by atoms with Gasteiger partial charge >= 0.3 is 0 Å². The van der Waals surface area contributed by atoms with Crippen LogP contribution < -0.4 is 10.1 Å². The highest BCUT2D eigenvalue weighted by atomic mass is 19.1. The quantitative estimate of drug-likeness (QED) is 0.174. The molecule has 4 aromatic rings. The zero-order valence-electron chi connectivity index (χ0n) is 24.7. The van der Waals surface area contributed by atoms with E-state index in [0.29, 0.717) is 36.5 Å². The number of rotatable bonds is 13. The minimum atomic E-state index is -0.713. The monoisotopic (exact) mass is 573 g/mol. The number of benzene rings is 3. The normalized spacial score (nSPS) is 12.8. The summed E-state index contributed by atoms with van der Waals surface area (Å²) in [5.41, 5.74) is 4.55. The molecule has 0 fully saturated rings. The second-order valence-electron chi connectivity index (χ2n) is 10.8. The number of carbonyl (C=O) groups is 1. The van der Waals surface area contributed by atoms with Gasteiger partial charge in [0.2, 0.25) is 0 Å². The Balaban J connectivity index is 1.63. The van der Waals surface area contributed by atoms with E-state index in [1.165, 1.54) is 12.1 Å². The van der Waals surface area contributed by atoms with Crippen LogP contribution in [0.15, 0.2) is 72.8 Å². The lowest BCUT2D eigenvalue weighted by atomic mass is 10.0. The lowest BCUT2D eigenvalue weighted by molar-refractivity contribution is 0.0711. The number of nitrogens with zero attached hydrogens (tertiary/aromatic N) is 2. The molecule has 222 valence electrons. The van der Waals surface area contributed by atoms with E-state index in [4.69, 9.17) is 9.72 Å². The van der Waals surface area contributed by atoms with Crippen LogP contribution in [0.3, 0.4) is 0 Å². The van der Waals surface area contributed by atoms with Crippen molar-refractivity contribution in [1.82, 2.24) is 14.9 Å². The van der Waals surface area contributed by atoms with E-state index in [0.717, 1.165) is 28.1 Å². The zero-order chi connectivity index (χ0) is 30.2. The van der Waals surface area contributed by atoms with Gasteiger partial charge in [-0.2, -0.15) is 0 Å². The summed E-state index contributed by atoms with van der Waals surface area (Å²) in [5.74, 6) is 0.533. The molecular formula is C34H40FN3O4. The molecule has 1 heterocycles. The van der Waals surface area contributed by atoms with E-state index < -0.39 is 12.2 Å². The van der Waals surface area contributed by atoms with Crippen molar-refractivity contribution in [3.63, 3.8) is 0 Å². The Bertz CT molecular complexity index is 1470. The molecule has 3 N–H and O–H groups in total. The van der Waals surface area contributed by atoms with Crippen molar-refractivity contribution in [3.05, 3.63) is 95.6 Å². The van der Waals surface area contributed by atoms with Gasteiger partial charge in [0, 0.05) is 24.2 Å². The maximum absolute atomic E-state index is 13.7. The number of aliphatic hydroxyl groups excluding tert-OH is 2.